The van der Waals surface area contributed by atoms with Gasteiger partial charge in [-0.05, 0) is 69.0 Å². The van der Waals surface area contributed by atoms with Crippen LogP contribution < -0.4 is 10.6 Å². The van der Waals surface area contributed by atoms with Crippen LogP contribution in [0.1, 0.15) is 42.5 Å². The number of amides is 1. The van der Waals surface area contributed by atoms with E-state index in [9.17, 15) is 4.79 Å². The van der Waals surface area contributed by atoms with Gasteiger partial charge in [0.05, 0.1) is 0 Å². The number of anilines is 2. The van der Waals surface area contributed by atoms with Crippen molar-refractivity contribution in [3.05, 3.63) is 48.3 Å². The van der Waals surface area contributed by atoms with Crippen LogP contribution in [0.25, 0.3) is 0 Å². The van der Waals surface area contributed by atoms with E-state index in [1.807, 2.05) is 24.3 Å². The third kappa shape index (κ3) is 4.45. The normalized spacial score (nSPS) is 22.7. The largest absolute Gasteiger partial charge is 0.352 e. The Hall–Kier alpha value is -2.47. The summed E-state index contributed by atoms with van der Waals surface area (Å²) in [6.45, 7) is 3.22. The minimum absolute atomic E-state index is 0.0134. The fraction of sp³-hybridized carbons (Fsp3) is 0.476. The van der Waals surface area contributed by atoms with E-state index in [2.05, 4.69) is 25.5 Å². The third-order valence-corrected chi connectivity index (χ3v) is 5.70. The lowest BCUT2D eigenvalue weighted by Gasteiger charge is -2.44. The van der Waals surface area contributed by atoms with Crippen molar-refractivity contribution >= 4 is 17.5 Å². The molecule has 2 aromatic rings. The molecule has 3 heterocycles. The Morgan fingerprint density at radius 2 is 1.93 bits per heavy atom. The first-order valence-electron chi connectivity index (χ1n) is 9.96. The minimum atomic E-state index is -0.0134. The van der Waals surface area contributed by atoms with Crippen LogP contribution in [0.2, 0.25) is 0 Å². The minimum Gasteiger partial charge on any atom is -0.352 e. The molecule has 2 N–H and O–H groups in total. The SMILES string of the molecule is O=C(NCC1CCCN2CCCCC12)c1cccc(Nc2ncccn2)c1. The van der Waals surface area contributed by atoms with Crippen LogP contribution in [0.3, 0.4) is 0 Å². The summed E-state index contributed by atoms with van der Waals surface area (Å²) in [4.78, 5) is 23.6. The highest BCUT2D eigenvalue weighted by Crippen LogP contribution is 2.30. The molecule has 0 bridgehead atoms. The summed E-state index contributed by atoms with van der Waals surface area (Å²) >= 11 is 0. The van der Waals surface area contributed by atoms with Gasteiger partial charge in [0.1, 0.15) is 0 Å². The molecule has 0 saturated carbocycles. The number of nitrogens with zero attached hydrogens (tertiary/aromatic N) is 3. The number of hydrogen-bond donors (Lipinski definition) is 2. The van der Waals surface area contributed by atoms with Crippen molar-refractivity contribution in [1.82, 2.24) is 20.2 Å². The zero-order valence-electron chi connectivity index (χ0n) is 15.6. The third-order valence-electron chi connectivity index (χ3n) is 5.70. The summed E-state index contributed by atoms with van der Waals surface area (Å²) < 4.78 is 0. The Labute approximate surface area is 160 Å². The van der Waals surface area contributed by atoms with Gasteiger partial charge >= 0.3 is 0 Å². The lowest BCUT2D eigenvalue weighted by atomic mass is 9.83. The van der Waals surface area contributed by atoms with Gasteiger partial charge in [-0.1, -0.05) is 12.5 Å². The zero-order chi connectivity index (χ0) is 18.5. The van der Waals surface area contributed by atoms with Gasteiger partial charge in [0.2, 0.25) is 5.95 Å². The molecule has 2 unspecified atom stereocenters. The molecule has 1 aromatic heterocycles. The first kappa shape index (κ1) is 17.9. The van der Waals surface area contributed by atoms with E-state index < -0.39 is 0 Å². The highest BCUT2D eigenvalue weighted by atomic mass is 16.1. The number of nitrogens with one attached hydrogen (secondary N) is 2. The molecule has 2 aliphatic heterocycles. The monoisotopic (exact) mass is 365 g/mol. The van der Waals surface area contributed by atoms with Crippen molar-refractivity contribution in [3.8, 4) is 0 Å². The molecule has 1 aromatic carbocycles. The Morgan fingerprint density at radius 1 is 1.07 bits per heavy atom. The van der Waals surface area contributed by atoms with Crippen LogP contribution in [0, 0.1) is 5.92 Å². The first-order chi connectivity index (χ1) is 13.3. The Morgan fingerprint density at radius 3 is 2.81 bits per heavy atom. The Bertz CT molecular complexity index is 764. The van der Waals surface area contributed by atoms with E-state index in [1.54, 1.807) is 18.5 Å². The van der Waals surface area contributed by atoms with E-state index in [4.69, 9.17) is 0 Å². The molecule has 6 nitrogen and oxygen atoms in total. The van der Waals surface area contributed by atoms with Crippen molar-refractivity contribution in [2.45, 2.75) is 38.1 Å². The average molecular weight is 365 g/mol. The summed E-state index contributed by atoms with van der Waals surface area (Å²) in [5, 5.41) is 6.30. The first-order valence-corrected chi connectivity index (χ1v) is 9.96. The number of carbonyl (C=O) groups is 1. The standard InChI is InChI=1S/C21H27N5O/c27-20(24-15-17-7-4-13-26-12-2-1-9-19(17)26)16-6-3-8-18(14-16)25-21-22-10-5-11-23-21/h3,5-6,8,10-11,14,17,19H,1-2,4,7,9,12-13,15H2,(H,24,27)(H,22,23,25). The van der Waals surface area contributed by atoms with Crippen molar-refractivity contribution in [2.24, 2.45) is 5.92 Å². The summed E-state index contributed by atoms with van der Waals surface area (Å²) in [6.07, 6.45) is 9.75. The predicted octanol–water partition coefficient (Wildman–Crippen LogP) is 3.21. The molecule has 2 fully saturated rings. The maximum atomic E-state index is 12.7. The fourth-order valence-corrected chi connectivity index (χ4v) is 4.37. The van der Waals surface area contributed by atoms with Crippen LogP contribution >= 0.6 is 0 Å². The molecule has 1 amide bonds. The van der Waals surface area contributed by atoms with Crippen LogP contribution in [-0.4, -0.2) is 46.5 Å². The van der Waals surface area contributed by atoms with E-state index >= 15 is 0 Å². The van der Waals surface area contributed by atoms with Gasteiger partial charge in [0.15, 0.2) is 0 Å². The molecule has 2 aliphatic rings. The van der Waals surface area contributed by atoms with Crippen LogP contribution in [0.4, 0.5) is 11.6 Å². The summed E-state index contributed by atoms with van der Waals surface area (Å²) in [5.41, 5.74) is 1.47. The van der Waals surface area contributed by atoms with Gasteiger partial charge in [-0.25, -0.2) is 9.97 Å². The number of benzene rings is 1. The average Bonchev–Trinajstić information content (AvgIpc) is 2.73. The summed E-state index contributed by atoms with van der Waals surface area (Å²) in [6, 6.07) is 9.90. The van der Waals surface area contributed by atoms with Gasteiger partial charge < -0.3 is 15.5 Å². The second kappa shape index (κ2) is 8.48. The van der Waals surface area contributed by atoms with Crippen LogP contribution in [0.15, 0.2) is 42.7 Å². The molecule has 6 heteroatoms. The number of hydrogen-bond acceptors (Lipinski definition) is 5. The fourth-order valence-electron chi connectivity index (χ4n) is 4.37. The highest BCUT2D eigenvalue weighted by molar-refractivity contribution is 5.95. The van der Waals surface area contributed by atoms with Crippen molar-refractivity contribution in [3.63, 3.8) is 0 Å². The molecule has 2 atom stereocenters. The summed E-state index contributed by atoms with van der Waals surface area (Å²) in [5.74, 6) is 1.08. The topological polar surface area (TPSA) is 70.2 Å². The molecule has 27 heavy (non-hydrogen) atoms. The maximum Gasteiger partial charge on any atom is 0.251 e. The van der Waals surface area contributed by atoms with E-state index in [0.717, 1.165) is 12.2 Å². The van der Waals surface area contributed by atoms with Crippen LogP contribution in [-0.2, 0) is 0 Å². The Balaban J connectivity index is 1.36. The second-order valence-corrected chi connectivity index (χ2v) is 7.49. The molecule has 4 rings (SSSR count). The van der Waals surface area contributed by atoms with E-state index in [-0.39, 0.29) is 5.91 Å². The van der Waals surface area contributed by atoms with Gasteiger partial charge in [-0.3, -0.25) is 4.79 Å². The van der Waals surface area contributed by atoms with Crippen molar-refractivity contribution < 1.29 is 4.79 Å². The number of piperidine rings is 2. The van der Waals surface area contributed by atoms with Gasteiger partial charge in [0.25, 0.3) is 5.91 Å². The molecular weight excluding hydrogens is 338 g/mol. The van der Waals surface area contributed by atoms with Crippen LogP contribution in [0.5, 0.6) is 0 Å². The van der Waals surface area contributed by atoms with E-state index in [1.165, 1.54) is 45.2 Å². The molecule has 0 spiro atoms. The number of carbonyl (C=O) groups excluding carboxylic acids is 1. The second-order valence-electron chi connectivity index (χ2n) is 7.49. The molecule has 2 saturated heterocycles. The quantitative estimate of drug-likeness (QED) is 0.851. The summed E-state index contributed by atoms with van der Waals surface area (Å²) in [7, 11) is 0. The van der Waals surface area contributed by atoms with Gasteiger partial charge in [0, 0.05) is 36.2 Å². The maximum absolute atomic E-state index is 12.7. The lowest BCUT2D eigenvalue weighted by Crippen LogP contribution is -2.51. The number of fused-ring (bicyclic) bond motifs is 1. The number of rotatable bonds is 5. The molecular formula is C21H27N5O. The van der Waals surface area contributed by atoms with E-state index in [0.29, 0.717) is 23.5 Å². The zero-order valence-corrected chi connectivity index (χ0v) is 15.6. The Kier molecular flexibility index (Phi) is 5.63. The molecule has 0 aliphatic carbocycles. The van der Waals surface area contributed by atoms with Gasteiger partial charge in [-0.15, -0.1) is 0 Å². The number of aromatic nitrogens is 2. The lowest BCUT2D eigenvalue weighted by molar-refractivity contribution is 0.0575. The van der Waals surface area contributed by atoms with Crippen molar-refractivity contribution in [2.75, 3.05) is 25.0 Å². The van der Waals surface area contributed by atoms with Gasteiger partial charge in [-0.2, -0.15) is 0 Å². The smallest absolute Gasteiger partial charge is 0.251 e. The highest BCUT2D eigenvalue weighted by Gasteiger charge is 2.32. The van der Waals surface area contributed by atoms with Crippen molar-refractivity contribution in [1.29, 1.82) is 0 Å². The predicted molar refractivity (Wildman–Crippen MR) is 106 cm³/mol. The molecule has 0 radical (unpaired) electrons. The molecule has 142 valence electrons.